The van der Waals surface area contributed by atoms with Crippen molar-refractivity contribution in [2.45, 2.75) is 64.2 Å². The van der Waals surface area contributed by atoms with E-state index in [1.54, 1.807) is 0 Å². The molecular formula is C17H27NO2. The number of amides is 1. The van der Waals surface area contributed by atoms with Crippen LogP contribution in [0.25, 0.3) is 0 Å². The molecular weight excluding hydrogens is 250 g/mol. The SMILES string of the molecule is O=CCCCCCNC(=O)C12CC3CC(CC(C3)C1)C2. The fourth-order valence-electron chi connectivity index (χ4n) is 5.31. The Hall–Kier alpha value is -0.860. The zero-order valence-corrected chi connectivity index (χ0v) is 12.4. The van der Waals surface area contributed by atoms with Gasteiger partial charge >= 0.3 is 0 Å². The zero-order chi connectivity index (χ0) is 14.0. The lowest BCUT2D eigenvalue weighted by molar-refractivity contribution is -0.146. The van der Waals surface area contributed by atoms with Crippen molar-refractivity contribution in [3.05, 3.63) is 0 Å². The lowest BCUT2D eigenvalue weighted by Crippen LogP contribution is -2.53. The van der Waals surface area contributed by atoms with Gasteiger partial charge in [0.2, 0.25) is 5.91 Å². The highest BCUT2D eigenvalue weighted by atomic mass is 16.2. The summed E-state index contributed by atoms with van der Waals surface area (Å²) in [6, 6.07) is 0. The van der Waals surface area contributed by atoms with Gasteiger partial charge in [-0.05, 0) is 69.1 Å². The minimum Gasteiger partial charge on any atom is -0.356 e. The number of hydrogen-bond acceptors (Lipinski definition) is 2. The second-order valence-corrected chi connectivity index (χ2v) is 7.47. The summed E-state index contributed by atoms with van der Waals surface area (Å²) in [5.41, 5.74) is -0.00243. The average molecular weight is 277 g/mol. The molecule has 4 bridgehead atoms. The van der Waals surface area contributed by atoms with E-state index in [-0.39, 0.29) is 5.41 Å². The standard InChI is InChI=1S/C17H27NO2/c19-6-4-2-1-3-5-18-16(20)17-10-13-7-14(11-17)9-15(8-13)12-17/h6,13-15H,1-5,7-12H2,(H,18,20). The molecule has 4 fully saturated rings. The highest BCUT2D eigenvalue weighted by molar-refractivity contribution is 5.83. The molecule has 0 atom stereocenters. The molecule has 4 aliphatic rings. The minimum atomic E-state index is -0.00243. The summed E-state index contributed by atoms with van der Waals surface area (Å²) in [5, 5.41) is 3.19. The molecule has 4 aliphatic carbocycles. The van der Waals surface area contributed by atoms with Crippen LogP contribution in [0, 0.1) is 23.2 Å². The summed E-state index contributed by atoms with van der Waals surface area (Å²) < 4.78 is 0. The van der Waals surface area contributed by atoms with Gasteiger partial charge in [-0.1, -0.05) is 6.42 Å². The normalized spacial score (nSPS) is 37.9. The van der Waals surface area contributed by atoms with Crippen molar-refractivity contribution < 1.29 is 9.59 Å². The van der Waals surface area contributed by atoms with Gasteiger partial charge in [-0.2, -0.15) is 0 Å². The Labute approximate surface area is 121 Å². The molecule has 3 nitrogen and oxygen atoms in total. The van der Waals surface area contributed by atoms with Crippen LogP contribution in [0.1, 0.15) is 64.2 Å². The van der Waals surface area contributed by atoms with E-state index in [4.69, 9.17) is 0 Å². The van der Waals surface area contributed by atoms with Gasteiger partial charge in [0.25, 0.3) is 0 Å². The summed E-state index contributed by atoms with van der Waals surface area (Å²) >= 11 is 0. The number of hydrogen-bond donors (Lipinski definition) is 1. The van der Waals surface area contributed by atoms with Crippen LogP contribution in [0.15, 0.2) is 0 Å². The molecule has 112 valence electrons. The maximum Gasteiger partial charge on any atom is 0.226 e. The van der Waals surface area contributed by atoms with Crippen LogP contribution >= 0.6 is 0 Å². The van der Waals surface area contributed by atoms with Crippen LogP contribution in [-0.4, -0.2) is 18.7 Å². The van der Waals surface area contributed by atoms with E-state index in [1.807, 2.05) is 0 Å². The van der Waals surface area contributed by atoms with E-state index < -0.39 is 0 Å². The molecule has 1 amide bonds. The predicted octanol–water partition coefficient (Wildman–Crippen LogP) is 3.08. The van der Waals surface area contributed by atoms with E-state index >= 15 is 0 Å². The van der Waals surface area contributed by atoms with E-state index in [0.29, 0.717) is 12.3 Å². The van der Waals surface area contributed by atoms with Crippen LogP contribution in [0.4, 0.5) is 0 Å². The van der Waals surface area contributed by atoms with Gasteiger partial charge in [-0.15, -0.1) is 0 Å². The van der Waals surface area contributed by atoms with E-state index in [9.17, 15) is 9.59 Å². The fourth-order valence-corrected chi connectivity index (χ4v) is 5.31. The molecule has 0 spiro atoms. The van der Waals surface area contributed by atoms with Gasteiger partial charge in [0.15, 0.2) is 0 Å². The summed E-state index contributed by atoms with van der Waals surface area (Å²) in [6.45, 7) is 0.791. The largest absolute Gasteiger partial charge is 0.356 e. The molecule has 0 aromatic rings. The molecule has 0 radical (unpaired) electrons. The fraction of sp³-hybridized carbons (Fsp3) is 0.882. The number of carbonyl (C=O) groups is 2. The lowest BCUT2D eigenvalue weighted by Gasteiger charge is -2.55. The third-order valence-corrected chi connectivity index (χ3v) is 5.80. The monoisotopic (exact) mass is 277 g/mol. The van der Waals surface area contributed by atoms with E-state index in [0.717, 1.165) is 69.1 Å². The number of rotatable bonds is 7. The number of nitrogens with one attached hydrogen (secondary N) is 1. The van der Waals surface area contributed by atoms with E-state index in [2.05, 4.69) is 5.32 Å². The molecule has 0 heterocycles. The number of carbonyl (C=O) groups excluding carboxylic acids is 2. The summed E-state index contributed by atoms with van der Waals surface area (Å²) in [6.07, 6.45) is 12.2. The Bertz CT molecular complexity index is 342. The van der Waals surface area contributed by atoms with Crippen molar-refractivity contribution >= 4 is 12.2 Å². The van der Waals surface area contributed by atoms with Gasteiger partial charge in [0.1, 0.15) is 6.29 Å². The predicted molar refractivity (Wildman–Crippen MR) is 78.1 cm³/mol. The van der Waals surface area contributed by atoms with Crippen molar-refractivity contribution in [1.82, 2.24) is 5.32 Å². The summed E-state index contributed by atoms with van der Waals surface area (Å²) in [7, 11) is 0. The Morgan fingerprint density at radius 1 is 1.00 bits per heavy atom. The molecule has 0 aromatic carbocycles. The second-order valence-electron chi connectivity index (χ2n) is 7.47. The third-order valence-electron chi connectivity index (χ3n) is 5.80. The number of unbranched alkanes of at least 4 members (excludes halogenated alkanes) is 3. The lowest BCUT2D eigenvalue weighted by atomic mass is 9.49. The molecule has 3 heteroatoms. The molecule has 0 aliphatic heterocycles. The molecule has 0 aromatic heterocycles. The van der Waals surface area contributed by atoms with Crippen LogP contribution < -0.4 is 5.32 Å². The van der Waals surface area contributed by atoms with Crippen molar-refractivity contribution in [3.8, 4) is 0 Å². The second kappa shape index (κ2) is 5.87. The van der Waals surface area contributed by atoms with Gasteiger partial charge in [-0.3, -0.25) is 4.79 Å². The van der Waals surface area contributed by atoms with Crippen LogP contribution in [-0.2, 0) is 9.59 Å². The Kier molecular flexibility index (Phi) is 4.13. The Balaban J connectivity index is 1.46. The molecule has 1 N–H and O–H groups in total. The first-order valence-corrected chi connectivity index (χ1v) is 8.44. The van der Waals surface area contributed by atoms with Crippen LogP contribution in [0.5, 0.6) is 0 Å². The smallest absolute Gasteiger partial charge is 0.226 e. The topological polar surface area (TPSA) is 46.2 Å². The Morgan fingerprint density at radius 3 is 2.15 bits per heavy atom. The molecule has 0 saturated heterocycles. The molecule has 20 heavy (non-hydrogen) atoms. The van der Waals surface area contributed by atoms with E-state index in [1.165, 1.54) is 19.3 Å². The first kappa shape index (κ1) is 14.1. The molecule has 4 saturated carbocycles. The average Bonchev–Trinajstić information content (AvgIpc) is 2.41. The highest BCUT2D eigenvalue weighted by Crippen LogP contribution is 2.60. The quantitative estimate of drug-likeness (QED) is 0.574. The molecule has 0 unspecified atom stereocenters. The van der Waals surface area contributed by atoms with Gasteiger partial charge < -0.3 is 10.1 Å². The first-order chi connectivity index (χ1) is 9.72. The maximum atomic E-state index is 12.6. The maximum absolute atomic E-state index is 12.6. The van der Waals surface area contributed by atoms with Gasteiger partial charge in [0.05, 0.1) is 0 Å². The summed E-state index contributed by atoms with van der Waals surface area (Å²) in [5.74, 6) is 2.84. The van der Waals surface area contributed by atoms with Crippen molar-refractivity contribution in [2.24, 2.45) is 23.2 Å². The molecule has 4 rings (SSSR count). The van der Waals surface area contributed by atoms with Gasteiger partial charge in [-0.25, -0.2) is 0 Å². The van der Waals surface area contributed by atoms with Crippen molar-refractivity contribution in [2.75, 3.05) is 6.54 Å². The zero-order valence-electron chi connectivity index (χ0n) is 12.4. The number of aldehydes is 1. The Morgan fingerprint density at radius 2 is 1.60 bits per heavy atom. The van der Waals surface area contributed by atoms with Crippen LogP contribution in [0.3, 0.4) is 0 Å². The summed E-state index contributed by atoms with van der Waals surface area (Å²) in [4.78, 5) is 22.9. The minimum absolute atomic E-state index is 0.00243. The highest BCUT2D eigenvalue weighted by Gasteiger charge is 2.54. The van der Waals surface area contributed by atoms with Crippen molar-refractivity contribution in [3.63, 3.8) is 0 Å². The van der Waals surface area contributed by atoms with Crippen molar-refractivity contribution in [1.29, 1.82) is 0 Å². The van der Waals surface area contributed by atoms with Crippen LogP contribution in [0.2, 0.25) is 0 Å². The first-order valence-electron chi connectivity index (χ1n) is 8.44. The van der Waals surface area contributed by atoms with Gasteiger partial charge in [0, 0.05) is 18.4 Å². The third kappa shape index (κ3) is 2.77.